The molecule has 192 valence electrons. The van der Waals surface area contributed by atoms with Gasteiger partial charge in [-0.2, -0.15) is 0 Å². The van der Waals surface area contributed by atoms with Gasteiger partial charge in [-0.05, 0) is 31.7 Å². The van der Waals surface area contributed by atoms with Crippen molar-refractivity contribution < 1.29 is 19.1 Å². The number of rotatable bonds is 6. The van der Waals surface area contributed by atoms with Crippen LogP contribution < -0.4 is 10.3 Å². The summed E-state index contributed by atoms with van der Waals surface area (Å²) in [6.45, 7) is 5.23. The quantitative estimate of drug-likeness (QED) is 0.576. The third-order valence-electron chi connectivity index (χ3n) is 7.04. The SMILES string of the molecule is COC(=O)[C@H]1CCCCN1C(=O)c1c(OC)cc(=O)n2c1CCN(C/C(C)=C/c1ccccc1)CC2. The van der Waals surface area contributed by atoms with Gasteiger partial charge < -0.3 is 18.9 Å². The lowest BCUT2D eigenvalue weighted by atomic mass is 9.99. The Kier molecular flexibility index (Phi) is 8.25. The van der Waals surface area contributed by atoms with E-state index in [2.05, 4.69) is 30.0 Å². The molecule has 0 saturated carbocycles. The molecule has 0 unspecified atom stereocenters. The molecule has 8 nitrogen and oxygen atoms in total. The van der Waals surface area contributed by atoms with Gasteiger partial charge in [0.05, 0.1) is 14.2 Å². The van der Waals surface area contributed by atoms with Gasteiger partial charge in [0.15, 0.2) is 0 Å². The van der Waals surface area contributed by atoms with E-state index in [9.17, 15) is 14.4 Å². The molecule has 3 heterocycles. The number of ether oxygens (including phenoxy) is 2. The summed E-state index contributed by atoms with van der Waals surface area (Å²) in [5, 5.41) is 0. The van der Waals surface area contributed by atoms with Gasteiger partial charge in [0.2, 0.25) is 0 Å². The second kappa shape index (κ2) is 11.6. The number of hydrogen-bond acceptors (Lipinski definition) is 6. The zero-order valence-electron chi connectivity index (χ0n) is 21.4. The highest BCUT2D eigenvalue weighted by atomic mass is 16.5. The van der Waals surface area contributed by atoms with Crippen molar-refractivity contribution in [1.82, 2.24) is 14.4 Å². The maximum absolute atomic E-state index is 13.9. The lowest BCUT2D eigenvalue weighted by Gasteiger charge is -2.34. The smallest absolute Gasteiger partial charge is 0.328 e. The van der Waals surface area contributed by atoms with Crippen molar-refractivity contribution in [2.24, 2.45) is 0 Å². The number of benzene rings is 1. The lowest BCUT2D eigenvalue weighted by Crippen LogP contribution is -2.49. The van der Waals surface area contributed by atoms with Gasteiger partial charge in [0, 0.05) is 50.9 Å². The monoisotopic (exact) mass is 493 g/mol. The first-order chi connectivity index (χ1) is 17.4. The maximum atomic E-state index is 13.9. The van der Waals surface area contributed by atoms with Gasteiger partial charge in [0.25, 0.3) is 11.5 Å². The van der Waals surface area contributed by atoms with Gasteiger partial charge in [-0.15, -0.1) is 0 Å². The van der Waals surface area contributed by atoms with E-state index in [0.717, 1.165) is 24.9 Å². The highest BCUT2D eigenvalue weighted by Gasteiger charge is 2.36. The summed E-state index contributed by atoms with van der Waals surface area (Å²) in [4.78, 5) is 43.2. The Labute approximate surface area is 212 Å². The van der Waals surface area contributed by atoms with E-state index < -0.39 is 12.0 Å². The third kappa shape index (κ3) is 5.54. The number of pyridine rings is 1. The average molecular weight is 494 g/mol. The Morgan fingerprint density at radius 2 is 1.83 bits per heavy atom. The molecule has 2 aliphatic rings. The topological polar surface area (TPSA) is 81.1 Å². The van der Waals surface area contributed by atoms with Crippen LogP contribution in [-0.2, 0) is 22.5 Å². The molecular weight excluding hydrogens is 458 g/mol. The molecule has 8 heteroatoms. The molecule has 1 aromatic heterocycles. The van der Waals surface area contributed by atoms with Crippen LogP contribution in [0.3, 0.4) is 0 Å². The fraction of sp³-hybridized carbons (Fsp3) is 0.464. The van der Waals surface area contributed by atoms with Gasteiger partial charge >= 0.3 is 5.97 Å². The molecule has 0 bridgehead atoms. The molecule has 36 heavy (non-hydrogen) atoms. The van der Waals surface area contributed by atoms with Crippen LogP contribution in [0.5, 0.6) is 5.75 Å². The predicted molar refractivity (Wildman–Crippen MR) is 138 cm³/mol. The number of esters is 1. The standard InChI is InChI=1S/C28H35N3O5/c1-20(17-21-9-5-4-6-10-21)19-29-14-12-22-26(24(35-2)18-25(32)30(22)16-15-29)27(33)31-13-8-7-11-23(31)28(34)36-3/h4-6,9-10,17-18,23H,7-8,11-16,19H2,1-3H3/b20-17+/t23-/m1/s1. The molecule has 1 aromatic carbocycles. The van der Waals surface area contributed by atoms with Crippen LogP contribution in [0, 0.1) is 0 Å². The second-order valence-electron chi connectivity index (χ2n) is 9.49. The summed E-state index contributed by atoms with van der Waals surface area (Å²) in [5.41, 5.74) is 3.25. The largest absolute Gasteiger partial charge is 0.496 e. The number of methoxy groups -OCH3 is 2. The number of carbonyl (C=O) groups excluding carboxylic acids is 2. The molecule has 0 spiro atoms. The summed E-state index contributed by atoms with van der Waals surface area (Å²) in [6, 6.07) is 11.0. The van der Waals surface area contributed by atoms with Crippen LogP contribution in [0.2, 0.25) is 0 Å². The maximum Gasteiger partial charge on any atom is 0.328 e. The first-order valence-corrected chi connectivity index (χ1v) is 12.6. The molecule has 2 aromatic rings. The van der Waals surface area contributed by atoms with Crippen molar-refractivity contribution in [2.45, 2.75) is 45.2 Å². The molecule has 1 atom stereocenters. The van der Waals surface area contributed by atoms with E-state index in [4.69, 9.17) is 9.47 Å². The number of likely N-dealkylation sites (tertiary alicyclic amines) is 1. The number of hydrogen-bond donors (Lipinski definition) is 0. The average Bonchev–Trinajstić information content (AvgIpc) is 3.11. The van der Waals surface area contributed by atoms with E-state index in [1.165, 1.54) is 25.9 Å². The minimum Gasteiger partial charge on any atom is -0.496 e. The van der Waals surface area contributed by atoms with E-state index in [0.29, 0.717) is 50.3 Å². The predicted octanol–water partition coefficient (Wildman–Crippen LogP) is 2.99. The third-order valence-corrected chi connectivity index (χ3v) is 7.04. The Morgan fingerprint density at radius 1 is 1.06 bits per heavy atom. The zero-order chi connectivity index (χ0) is 25.7. The van der Waals surface area contributed by atoms with Crippen LogP contribution in [0.15, 0.2) is 46.8 Å². The number of aromatic nitrogens is 1. The summed E-state index contributed by atoms with van der Waals surface area (Å²) in [7, 11) is 2.81. The fourth-order valence-corrected chi connectivity index (χ4v) is 5.27. The van der Waals surface area contributed by atoms with Crippen LogP contribution in [0.1, 0.15) is 47.8 Å². The highest BCUT2D eigenvalue weighted by molar-refractivity contribution is 6.00. The summed E-state index contributed by atoms with van der Waals surface area (Å²) < 4.78 is 12.2. The fourth-order valence-electron chi connectivity index (χ4n) is 5.27. The van der Waals surface area contributed by atoms with Crippen LogP contribution in [0.25, 0.3) is 6.08 Å². The zero-order valence-corrected chi connectivity index (χ0v) is 21.4. The Balaban J connectivity index is 1.61. The van der Waals surface area contributed by atoms with E-state index >= 15 is 0 Å². The molecule has 1 saturated heterocycles. The van der Waals surface area contributed by atoms with E-state index in [-0.39, 0.29) is 17.2 Å². The van der Waals surface area contributed by atoms with Crippen molar-refractivity contribution in [3.05, 3.63) is 69.1 Å². The summed E-state index contributed by atoms with van der Waals surface area (Å²) >= 11 is 0. The molecule has 1 amide bonds. The Bertz CT molecular complexity index is 1190. The van der Waals surface area contributed by atoms with Crippen molar-refractivity contribution in [3.8, 4) is 5.75 Å². The summed E-state index contributed by atoms with van der Waals surface area (Å²) in [5.74, 6) is -0.425. The number of amides is 1. The molecule has 2 aliphatic heterocycles. The minimum atomic E-state index is -0.624. The van der Waals surface area contributed by atoms with Crippen LogP contribution in [0.4, 0.5) is 0 Å². The Hall–Kier alpha value is -3.39. The number of nitrogens with zero attached hydrogens (tertiary/aromatic N) is 3. The highest BCUT2D eigenvalue weighted by Crippen LogP contribution is 2.28. The van der Waals surface area contributed by atoms with Gasteiger partial charge in [-0.3, -0.25) is 14.5 Å². The minimum absolute atomic E-state index is 0.181. The molecule has 0 radical (unpaired) electrons. The number of fused-ring (bicyclic) bond motifs is 1. The van der Waals surface area contributed by atoms with E-state index in [1.807, 2.05) is 18.2 Å². The first kappa shape index (κ1) is 25.7. The van der Waals surface area contributed by atoms with Crippen molar-refractivity contribution in [1.29, 1.82) is 0 Å². The van der Waals surface area contributed by atoms with Crippen molar-refractivity contribution in [3.63, 3.8) is 0 Å². The summed E-state index contributed by atoms with van der Waals surface area (Å²) in [6.07, 6.45) is 4.94. The van der Waals surface area contributed by atoms with Crippen molar-refractivity contribution >= 4 is 18.0 Å². The first-order valence-electron chi connectivity index (χ1n) is 12.6. The molecule has 1 fully saturated rings. The lowest BCUT2D eigenvalue weighted by molar-refractivity contribution is -0.147. The van der Waals surface area contributed by atoms with Gasteiger partial charge in [-0.1, -0.05) is 42.0 Å². The molecule has 0 N–H and O–H groups in total. The van der Waals surface area contributed by atoms with E-state index in [1.54, 1.807) is 9.47 Å². The molecule has 0 aliphatic carbocycles. The number of piperidine rings is 1. The van der Waals surface area contributed by atoms with Crippen LogP contribution >= 0.6 is 0 Å². The molecular formula is C28H35N3O5. The normalized spacial score (nSPS) is 18.8. The number of carbonyl (C=O) groups is 2. The Morgan fingerprint density at radius 3 is 2.56 bits per heavy atom. The van der Waals surface area contributed by atoms with Crippen molar-refractivity contribution in [2.75, 3.05) is 40.4 Å². The van der Waals surface area contributed by atoms with Gasteiger partial charge in [-0.25, -0.2) is 4.79 Å². The van der Waals surface area contributed by atoms with Crippen LogP contribution in [-0.4, -0.2) is 72.7 Å². The molecule has 4 rings (SSSR count). The second-order valence-corrected chi connectivity index (χ2v) is 9.49. The van der Waals surface area contributed by atoms with Gasteiger partial charge in [0.1, 0.15) is 17.4 Å².